The quantitative estimate of drug-likeness (QED) is 0.927. The molecule has 20 heavy (non-hydrogen) atoms. The van der Waals surface area contributed by atoms with Crippen LogP contribution in [0, 0.1) is 0 Å². The molecule has 0 amide bonds. The molecule has 1 saturated heterocycles. The number of likely N-dealkylation sites (N-methyl/N-ethyl adjacent to an activating group) is 1. The number of nitrogens with zero attached hydrogens (tertiary/aromatic N) is 2. The first-order chi connectivity index (χ1) is 9.28. The molecule has 4 nitrogen and oxygen atoms in total. The van der Waals surface area contributed by atoms with Gasteiger partial charge in [0, 0.05) is 49.9 Å². The average Bonchev–Trinajstić information content (AvgIpc) is 2.77. The van der Waals surface area contributed by atoms with Crippen LogP contribution in [-0.2, 0) is 16.7 Å². The van der Waals surface area contributed by atoms with E-state index in [-0.39, 0.29) is 5.41 Å². The third kappa shape index (κ3) is 4.25. The fourth-order valence-corrected chi connectivity index (χ4v) is 3.37. The molecule has 1 aromatic rings. The van der Waals surface area contributed by atoms with Crippen LogP contribution in [0.25, 0.3) is 0 Å². The molecule has 1 aliphatic rings. The van der Waals surface area contributed by atoms with Crippen molar-refractivity contribution in [2.75, 3.05) is 26.8 Å². The molecule has 1 N–H and O–H groups in total. The van der Waals surface area contributed by atoms with Crippen LogP contribution in [0.2, 0.25) is 0 Å². The van der Waals surface area contributed by atoms with Gasteiger partial charge in [0.05, 0.1) is 16.3 Å². The molecule has 0 unspecified atom stereocenters. The molecule has 1 aromatic heterocycles. The average molecular weight is 298 g/mol. The Balaban J connectivity index is 1.91. The lowest BCUT2D eigenvalue weighted by molar-refractivity contribution is -0.0778. The van der Waals surface area contributed by atoms with Crippen molar-refractivity contribution in [2.24, 2.45) is 0 Å². The predicted molar refractivity (Wildman–Crippen MR) is 82.2 cm³/mol. The second-order valence-corrected chi connectivity index (χ2v) is 7.76. The summed E-state index contributed by atoms with van der Waals surface area (Å²) < 4.78 is 5.32. The lowest BCUT2D eigenvalue weighted by atomic mass is 9.94. The van der Waals surface area contributed by atoms with E-state index in [2.05, 4.69) is 31.1 Å². The second kappa shape index (κ2) is 6.10. The van der Waals surface area contributed by atoms with Crippen LogP contribution in [0.1, 0.15) is 44.3 Å². The Morgan fingerprint density at radius 3 is 2.60 bits per heavy atom. The molecule has 0 bridgehead atoms. The molecule has 2 rings (SSSR count). The fraction of sp³-hybridized carbons (Fsp3) is 0.800. The van der Waals surface area contributed by atoms with Crippen molar-refractivity contribution < 1.29 is 9.84 Å². The highest BCUT2D eigenvalue weighted by atomic mass is 32.1. The van der Waals surface area contributed by atoms with Gasteiger partial charge in [0.15, 0.2) is 0 Å². The Morgan fingerprint density at radius 1 is 1.40 bits per heavy atom. The molecular weight excluding hydrogens is 272 g/mol. The van der Waals surface area contributed by atoms with Gasteiger partial charge in [-0.15, -0.1) is 11.3 Å². The van der Waals surface area contributed by atoms with E-state index >= 15 is 0 Å². The topological polar surface area (TPSA) is 45.6 Å². The van der Waals surface area contributed by atoms with E-state index in [0.29, 0.717) is 19.8 Å². The Hall–Kier alpha value is -0.490. The number of aliphatic hydroxyl groups is 1. The number of aromatic nitrogens is 1. The van der Waals surface area contributed by atoms with Gasteiger partial charge in [-0.05, 0) is 7.05 Å². The Labute approximate surface area is 125 Å². The third-order valence-electron chi connectivity index (χ3n) is 3.61. The highest BCUT2D eigenvalue weighted by molar-refractivity contribution is 7.09. The van der Waals surface area contributed by atoms with Gasteiger partial charge in [0.2, 0.25) is 0 Å². The maximum absolute atomic E-state index is 10.5. The molecule has 0 aliphatic carbocycles. The fourth-order valence-electron chi connectivity index (χ4n) is 2.47. The van der Waals surface area contributed by atoms with Crippen molar-refractivity contribution in [2.45, 2.75) is 51.2 Å². The lowest BCUT2D eigenvalue weighted by Gasteiger charge is -2.35. The van der Waals surface area contributed by atoms with Crippen molar-refractivity contribution in [1.82, 2.24) is 9.88 Å². The van der Waals surface area contributed by atoms with Gasteiger partial charge in [-0.2, -0.15) is 0 Å². The number of hydrogen-bond donors (Lipinski definition) is 1. The van der Waals surface area contributed by atoms with E-state index in [1.54, 1.807) is 11.3 Å². The summed E-state index contributed by atoms with van der Waals surface area (Å²) in [6.07, 6.45) is 1.45. The first-order valence-corrected chi connectivity index (χ1v) is 8.10. The van der Waals surface area contributed by atoms with Crippen LogP contribution >= 0.6 is 11.3 Å². The lowest BCUT2D eigenvalue weighted by Crippen LogP contribution is -2.45. The minimum absolute atomic E-state index is 0.112. The second-order valence-electron chi connectivity index (χ2n) is 6.90. The number of hydrogen-bond acceptors (Lipinski definition) is 5. The van der Waals surface area contributed by atoms with Crippen LogP contribution in [0.3, 0.4) is 0 Å². The summed E-state index contributed by atoms with van der Waals surface area (Å²) in [4.78, 5) is 6.87. The maximum Gasteiger partial charge on any atom is 0.0982 e. The van der Waals surface area contributed by atoms with Gasteiger partial charge in [-0.1, -0.05) is 20.8 Å². The maximum atomic E-state index is 10.5. The Morgan fingerprint density at radius 2 is 2.05 bits per heavy atom. The molecule has 5 heteroatoms. The van der Waals surface area contributed by atoms with Crippen molar-refractivity contribution in [1.29, 1.82) is 0 Å². The molecule has 0 radical (unpaired) electrons. The van der Waals surface area contributed by atoms with Gasteiger partial charge in [0.1, 0.15) is 0 Å². The van der Waals surface area contributed by atoms with Gasteiger partial charge in [-0.3, -0.25) is 4.90 Å². The molecule has 0 spiro atoms. The van der Waals surface area contributed by atoms with E-state index in [4.69, 9.17) is 9.72 Å². The minimum Gasteiger partial charge on any atom is -0.388 e. The van der Waals surface area contributed by atoms with E-state index < -0.39 is 5.60 Å². The molecule has 1 aliphatic heterocycles. The predicted octanol–water partition coefficient (Wildman–Crippen LogP) is 2.41. The molecule has 0 aromatic carbocycles. The summed E-state index contributed by atoms with van der Waals surface area (Å²) in [5, 5.41) is 13.8. The highest BCUT2D eigenvalue weighted by Gasteiger charge is 2.31. The summed E-state index contributed by atoms with van der Waals surface area (Å²) in [6, 6.07) is 0. The monoisotopic (exact) mass is 298 g/mol. The zero-order valence-electron chi connectivity index (χ0n) is 13.0. The number of rotatable bonds is 4. The van der Waals surface area contributed by atoms with Crippen LogP contribution < -0.4 is 0 Å². The molecular formula is C15H26N2O2S. The zero-order chi connectivity index (χ0) is 14.8. The van der Waals surface area contributed by atoms with Crippen molar-refractivity contribution in [3.8, 4) is 0 Å². The SMILES string of the molecule is CN(Cc1csc(C(C)(C)C)n1)CC1(O)CCOCC1. The first kappa shape index (κ1) is 15.9. The van der Waals surface area contributed by atoms with Gasteiger partial charge in [-0.25, -0.2) is 4.98 Å². The van der Waals surface area contributed by atoms with Crippen molar-refractivity contribution >= 4 is 11.3 Å². The highest BCUT2D eigenvalue weighted by Crippen LogP contribution is 2.26. The summed E-state index contributed by atoms with van der Waals surface area (Å²) in [6.45, 7) is 9.34. The van der Waals surface area contributed by atoms with Gasteiger partial charge < -0.3 is 9.84 Å². The largest absolute Gasteiger partial charge is 0.388 e. The minimum atomic E-state index is -0.601. The van der Waals surface area contributed by atoms with Crippen molar-refractivity contribution in [3.63, 3.8) is 0 Å². The van der Waals surface area contributed by atoms with Crippen molar-refractivity contribution in [3.05, 3.63) is 16.1 Å². The smallest absolute Gasteiger partial charge is 0.0982 e. The van der Waals surface area contributed by atoms with E-state index in [0.717, 1.165) is 25.1 Å². The summed E-state index contributed by atoms with van der Waals surface area (Å²) in [7, 11) is 2.05. The normalized spacial score (nSPS) is 19.5. The third-order valence-corrected chi connectivity index (χ3v) is 4.93. The molecule has 0 saturated carbocycles. The molecule has 1 fully saturated rings. The van der Waals surface area contributed by atoms with Crippen LogP contribution in [0.5, 0.6) is 0 Å². The van der Waals surface area contributed by atoms with E-state index in [1.807, 2.05) is 7.05 Å². The van der Waals surface area contributed by atoms with Crippen LogP contribution in [-0.4, -0.2) is 47.4 Å². The van der Waals surface area contributed by atoms with E-state index in [1.165, 1.54) is 5.01 Å². The molecule has 114 valence electrons. The molecule has 2 heterocycles. The number of ether oxygens (including phenoxy) is 1. The first-order valence-electron chi connectivity index (χ1n) is 7.22. The van der Waals surface area contributed by atoms with Gasteiger partial charge >= 0.3 is 0 Å². The Bertz CT molecular complexity index is 433. The zero-order valence-corrected chi connectivity index (χ0v) is 13.8. The van der Waals surface area contributed by atoms with E-state index in [9.17, 15) is 5.11 Å². The molecule has 0 atom stereocenters. The summed E-state index contributed by atoms with van der Waals surface area (Å²) in [5.74, 6) is 0. The van der Waals surface area contributed by atoms with Gasteiger partial charge in [0.25, 0.3) is 0 Å². The standard InChI is InChI=1S/C15H26N2O2S/c1-14(2,3)13-16-12(10-20-13)9-17(4)11-15(18)5-7-19-8-6-15/h10,18H,5-9,11H2,1-4H3. The number of thiazole rings is 1. The summed E-state index contributed by atoms with van der Waals surface area (Å²) in [5.41, 5.74) is 0.606. The van der Waals surface area contributed by atoms with Crippen LogP contribution in [0.15, 0.2) is 5.38 Å². The van der Waals surface area contributed by atoms with Crippen LogP contribution in [0.4, 0.5) is 0 Å². The Kier molecular flexibility index (Phi) is 4.84. The summed E-state index contributed by atoms with van der Waals surface area (Å²) >= 11 is 1.72.